The molecule has 2 aromatic carbocycles. The van der Waals surface area contributed by atoms with Crippen LogP contribution in [0.15, 0.2) is 24.3 Å². The van der Waals surface area contributed by atoms with Crippen LogP contribution in [0.1, 0.15) is 197 Å². The number of hydrogen-bond acceptors (Lipinski definition) is 14. The molecule has 3 N–H and O–H groups in total. The van der Waals surface area contributed by atoms with E-state index < -0.39 is 23.1 Å². The van der Waals surface area contributed by atoms with E-state index in [1.54, 1.807) is 0 Å². The zero-order valence-corrected chi connectivity index (χ0v) is 54.9. The minimum absolute atomic E-state index is 0.0244. The lowest BCUT2D eigenvalue weighted by atomic mass is 9.43. The number of amides is 3. The molecule has 0 aromatic heterocycles. The maximum Gasteiger partial charge on any atom is 0.457 e. The molecule has 19 heteroatoms. The number of nitrogens with zero attached hydrogens (tertiary/aromatic N) is 2. The van der Waals surface area contributed by atoms with Crippen LogP contribution in [0.25, 0.3) is 0 Å². The Balaban J connectivity index is 0.000000181. The first kappa shape index (κ1) is 63.9. The number of nitrogens with one attached hydrogen (secondary N) is 1. The van der Waals surface area contributed by atoms with Crippen molar-refractivity contribution >= 4 is 43.9 Å². The molecular formula is C68H100B2N4O13. The number of carbonyl (C=O) groups is 5. The maximum absolute atomic E-state index is 13.5. The summed E-state index contributed by atoms with van der Waals surface area (Å²) in [4.78, 5) is 68.0. The average Bonchev–Trinajstić information content (AvgIpc) is 1.68. The van der Waals surface area contributed by atoms with E-state index in [0.29, 0.717) is 96.6 Å². The second kappa shape index (κ2) is 23.5. The summed E-state index contributed by atoms with van der Waals surface area (Å²) >= 11 is 0. The first-order valence-electron chi connectivity index (χ1n) is 33.0. The molecule has 14 rings (SSSR count). The topological polar surface area (TPSA) is 204 Å². The third-order valence-corrected chi connectivity index (χ3v) is 22.5. The molecule has 4 aliphatic heterocycles. The van der Waals surface area contributed by atoms with Crippen molar-refractivity contribution in [2.75, 3.05) is 26.2 Å². The van der Waals surface area contributed by atoms with Crippen molar-refractivity contribution in [3.8, 4) is 11.5 Å². The Kier molecular flexibility index (Phi) is 17.3. The van der Waals surface area contributed by atoms with Crippen LogP contribution in [0, 0.1) is 60.2 Å². The zero-order chi connectivity index (χ0) is 62.7. The fourth-order valence-electron chi connectivity index (χ4n) is 17.2. The van der Waals surface area contributed by atoms with Gasteiger partial charge in [-0.05, 0) is 228 Å². The lowest BCUT2D eigenvalue weighted by Gasteiger charge is -2.64. The van der Waals surface area contributed by atoms with Crippen LogP contribution in [0.2, 0.25) is 12.6 Å². The van der Waals surface area contributed by atoms with Crippen molar-refractivity contribution in [2.24, 2.45) is 52.1 Å². The second-order valence-electron chi connectivity index (χ2n) is 31.5. The summed E-state index contributed by atoms with van der Waals surface area (Å²) in [6.45, 7) is 32.6. The van der Waals surface area contributed by atoms with Gasteiger partial charge in [0.15, 0.2) is 0 Å². The Bertz CT molecular complexity index is 2980. The molecule has 2 aromatic rings. The molecule has 4 bridgehead atoms. The van der Waals surface area contributed by atoms with Crippen LogP contribution in [0.4, 0.5) is 0 Å². The van der Waals surface area contributed by atoms with E-state index in [9.17, 15) is 24.0 Å². The van der Waals surface area contributed by atoms with Crippen molar-refractivity contribution in [3.63, 3.8) is 0 Å². The summed E-state index contributed by atoms with van der Waals surface area (Å²) in [5.74, 6) is 2.87. The van der Waals surface area contributed by atoms with E-state index in [4.69, 9.17) is 43.3 Å². The number of carbonyl (C=O) groups excluding carboxylic acids is 5. The Morgan fingerprint density at radius 1 is 0.598 bits per heavy atom. The van der Waals surface area contributed by atoms with E-state index in [1.807, 2.05) is 89.5 Å². The van der Waals surface area contributed by atoms with Gasteiger partial charge in [0.2, 0.25) is 17.7 Å². The smallest absolute Gasteiger partial charge is 0.457 e. The van der Waals surface area contributed by atoms with Crippen molar-refractivity contribution in [1.82, 2.24) is 15.1 Å². The molecule has 12 aliphatic rings. The number of likely N-dealkylation sites (tertiary alicyclic amines) is 2. The molecule has 0 spiro atoms. The fraction of sp³-hybridized carbons (Fsp3) is 0.750. The first-order chi connectivity index (χ1) is 40.7. The summed E-state index contributed by atoms with van der Waals surface area (Å²) in [6.07, 6.45) is 12.2. The highest BCUT2D eigenvalue weighted by atomic mass is 16.7. The number of nitrogens with two attached hydrogens (primary N) is 1. The monoisotopic (exact) mass is 1200 g/mol. The molecule has 8 saturated carbocycles. The molecule has 0 radical (unpaired) electrons. The van der Waals surface area contributed by atoms with E-state index >= 15 is 0 Å². The van der Waals surface area contributed by atoms with Crippen molar-refractivity contribution in [3.05, 3.63) is 57.6 Å². The number of benzene rings is 2. The van der Waals surface area contributed by atoms with Gasteiger partial charge in [-0.15, -0.1) is 0 Å². The predicted octanol–water partition coefficient (Wildman–Crippen LogP) is 10.1. The first-order valence-corrected chi connectivity index (χ1v) is 33.0. The van der Waals surface area contributed by atoms with Crippen molar-refractivity contribution in [2.45, 2.75) is 252 Å². The molecule has 4 heterocycles. The Labute approximate surface area is 518 Å². The van der Waals surface area contributed by atoms with Gasteiger partial charge in [-0.3, -0.25) is 14.4 Å². The quantitative estimate of drug-likeness (QED) is 0.126. The molecule has 3 amide bonds. The number of ether oxygens (including phenoxy) is 4. The molecular weight excluding hydrogens is 1100 g/mol. The van der Waals surface area contributed by atoms with Crippen LogP contribution >= 0.6 is 0 Å². The molecule has 12 atom stereocenters. The summed E-state index contributed by atoms with van der Waals surface area (Å²) in [5, 5.41) is 2.94. The van der Waals surface area contributed by atoms with Gasteiger partial charge in [-0.1, -0.05) is 39.8 Å². The summed E-state index contributed by atoms with van der Waals surface area (Å²) in [5.41, 5.74) is 9.60. The van der Waals surface area contributed by atoms with Gasteiger partial charge in [0.25, 0.3) is 0 Å². The van der Waals surface area contributed by atoms with Crippen LogP contribution < -0.4 is 20.5 Å². The van der Waals surface area contributed by atoms with Gasteiger partial charge in [0, 0.05) is 30.8 Å². The van der Waals surface area contributed by atoms with E-state index in [2.05, 4.69) is 46.9 Å². The SMILES string of the molecule is CC(=O)N[C@@H]1CC[C@H](C(=O)N2CC(Oc3ccc(CCB4O[C@@H]5C[C@@H]6C[C@@H](C6(C)C)[C@]5(C)O4)c(C)c3C(=O)OC(C)(C)C)C2)C1.Cc1c(CCB2O[C@@H]3C[C@@H]4C[C@@H](C4(C)C)[C@]3(C)O2)ccc(OC2CN(C(=O)[C@H]3CC[C@@H](N)C3)C2)c1C(=O)OC(C)(C)C. The zero-order valence-electron chi connectivity index (χ0n) is 54.9. The molecule has 12 fully saturated rings. The lowest BCUT2D eigenvalue weighted by molar-refractivity contribution is -0.199. The van der Waals surface area contributed by atoms with E-state index in [-0.39, 0.29) is 91.5 Å². The minimum atomic E-state index is -0.654. The van der Waals surface area contributed by atoms with Gasteiger partial charge in [-0.25, -0.2) is 9.59 Å². The van der Waals surface area contributed by atoms with E-state index in [0.717, 1.165) is 85.9 Å². The molecule has 4 saturated heterocycles. The lowest BCUT2D eigenvalue weighted by Crippen LogP contribution is -2.65. The third kappa shape index (κ3) is 12.6. The van der Waals surface area contributed by atoms with Gasteiger partial charge in [0.1, 0.15) is 46.0 Å². The number of aryl methyl sites for hydroxylation is 2. The van der Waals surface area contributed by atoms with Crippen molar-refractivity contribution in [1.29, 1.82) is 0 Å². The normalized spacial score (nSPS) is 32.7. The standard InChI is InChI=1S/C35H51BN2O7.C33H49BN2O6/c1-20-22(13-14-36-44-29-17-24-16-28(34(24,6)7)35(29,8)45-36)10-12-27(30(20)32(41)43-33(3,4)5)42-26-18-38(19-26)31(40)23-9-11-25(15-23)37-21(2)39;1-19-20(12-13-34-41-27-16-22-15-26(32(22,5)6)33(27,7)42-34)9-11-25(28(19)30(38)40-31(2,3)4)39-24-17-36(18-24)29(37)21-8-10-23(35)14-21/h10,12,23-26,28-29H,9,11,13-19H2,1-8H3,(H,37,39);9,11,21-24,26-27H,8,10,12-18,35H2,1-7H3/t23-,24-,25+,28-,29+,35-;21-,22-,23+,26-,27+,33-/m00/s1. The minimum Gasteiger partial charge on any atom is -0.486 e. The van der Waals surface area contributed by atoms with Gasteiger partial charge in [0.05, 0.1) is 49.6 Å². The largest absolute Gasteiger partial charge is 0.486 e. The number of esters is 2. The summed E-state index contributed by atoms with van der Waals surface area (Å²) in [6, 6.07) is 8.03. The highest BCUT2D eigenvalue weighted by Crippen LogP contribution is 2.67. The van der Waals surface area contributed by atoms with Gasteiger partial charge in [-0.2, -0.15) is 0 Å². The second-order valence-corrected chi connectivity index (χ2v) is 31.5. The Morgan fingerprint density at radius 3 is 1.39 bits per heavy atom. The van der Waals surface area contributed by atoms with Crippen LogP contribution in [-0.4, -0.2) is 139 Å². The highest BCUT2D eigenvalue weighted by Gasteiger charge is 2.69. The summed E-state index contributed by atoms with van der Waals surface area (Å²) in [7, 11) is -0.509. The van der Waals surface area contributed by atoms with Gasteiger partial charge >= 0.3 is 26.2 Å². The highest BCUT2D eigenvalue weighted by molar-refractivity contribution is 6.45. The average molecular weight is 1200 g/mol. The molecule has 87 heavy (non-hydrogen) atoms. The Morgan fingerprint density at radius 2 is 1.01 bits per heavy atom. The Hall–Kier alpha value is -4.68. The number of rotatable bonds is 15. The molecule has 0 unspecified atom stereocenters. The predicted molar refractivity (Wildman–Crippen MR) is 332 cm³/mol. The third-order valence-electron chi connectivity index (χ3n) is 22.5. The fourth-order valence-corrected chi connectivity index (χ4v) is 17.2. The van der Waals surface area contributed by atoms with Gasteiger partial charge < -0.3 is 58.4 Å². The van der Waals surface area contributed by atoms with Crippen molar-refractivity contribution < 1.29 is 61.5 Å². The van der Waals surface area contributed by atoms with Crippen LogP contribution in [0.3, 0.4) is 0 Å². The molecule has 17 nitrogen and oxygen atoms in total. The van der Waals surface area contributed by atoms with Crippen LogP contribution in [0.5, 0.6) is 11.5 Å². The molecule has 476 valence electrons. The maximum atomic E-state index is 13.5. The molecule has 8 aliphatic carbocycles. The number of hydrogen-bond donors (Lipinski definition) is 2. The van der Waals surface area contributed by atoms with E-state index in [1.165, 1.54) is 19.8 Å². The van der Waals surface area contributed by atoms with Crippen LogP contribution in [-0.2, 0) is 55.3 Å². The summed E-state index contributed by atoms with van der Waals surface area (Å²) < 4.78 is 50.5.